The Kier molecular flexibility index (Phi) is 2.71. The van der Waals surface area contributed by atoms with Crippen LogP contribution < -0.4 is 4.90 Å². The van der Waals surface area contributed by atoms with Crippen LogP contribution in [0.4, 0.5) is 5.69 Å². The summed E-state index contributed by atoms with van der Waals surface area (Å²) < 4.78 is 7.32. The highest BCUT2D eigenvalue weighted by atomic mass is 35.5. The normalized spacial score (nSPS) is 16.9. The lowest BCUT2D eigenvalue weighted by Gasteiger charge is -2.29. The first-order valence-electron chi connectivity index (χ1n) is 5.20. The topological polar surface area (TPSA) is 25.4 Å². The zero-order chi connectivity index (χ0) is 11.0. The van der Waals surface area contributed by atoms with Crippen LogP contribution in [0, 0.1) is 0 Å². The molecule has 1 fully saturated rings. The van der Waals surface area contributed by atoms with Crippen LogP contribution in [0.3, 0.4) is 0 Å². The van der Waals surface area contributed by atoms with Crippen molar-refractivity contribution in [2.75, 3.05) is 31.2 Å². The number of nitrogens with zero attached hydrogens (tertiary/aromatic N) is 2. The van der Waals surface area contributed by atoms with Crippen molar-refractivity contribution < 1.29 is 4.74 Å². The van der Waals surface area contributed by atoms with Crippen molar-refractivity contribution in [3.05, 3.63) is 22.8 Å². The molecule has 3 rings (SSSR count). The van der Waals surface area contributed by atoms with Gasteiger partial charge in [-0.2, -0.15) is 0 Å². The summed E-state index contributed by atoms with van der Waals surface area (Å²) in [6, 6.07) is 2.02. The molecule has 0 saturated carbocycles. The molecule has 0 atom stereocenters. The highest BCUT2D eigenvalue weighted by molar-refractivity contribution is 7.22. The molecule has 2 aromatic rings. The van der Waals surface area contributed by atoms with Gasteiger partial charge in [0.1, 0.15) is 0 Å². The maximum atomic E-state index is 6.04. The fourth-order valence-corrected chi connectivity index (χ4v) is 3.10. The van der Waals surface area contributed by atoms with E-state index in [2.05, 4.69) is 9.88 Å². The van der Waals surface area contributed by atoms with Crippen LogP contribution in [-0.2, 0) is 4.74 Å². The standard InChI is InChI=1S/C11H11ClN2OS/c12-11-5-8-9(6-13-7-10(8)16-11)14-1-3-15-4-2-14/h5-7H,1-4H2. The van der Waals surface area contributed by atoms with Crippen molar-refractivity contribution in [2.45, 2.75) is 0 Å². The molecule has 0 aliphatic carbocycles. The summed E-state index contributed by atoms with van der Waals surface area (Å²) in [6.07, 6.45) is 3.78. The number of morpholine rings is 1. The van der Waals surface area contributed by atoms with Gasteiger partial charge in [0, 0.05) is 24.7 Å². The van der Waals surface area contributed by atoms with Crippen LogP contribution in [0.15, 0.2) is 18.5 Å². The molecule has 0 N–H and O–H groups in total. The SMILES string of the molecule is Clc1cc2c(N3CCOCC3)cncc2s1. The Balaban J connectivity index is 2.07. The van der Waals surface area contributed by atoms with Gasteiger partial charge >= 0.3 is 0 Å². The minimum atomic E-state index is 0.786. The summed E-state index contributed by atoms with van der Waals surface area (Å²) in [5.41, 5.74) is 1.17. The highest BCUT2D eigenvalue weighted by Crippen LogP contribution is 2.35. The number of aromatic nitrogens is 1. The van der Waals surface area contributed by atoms with Crippen LogP contribution in [0.25, 0.3) is 10.1 Å². The van der Waals surface area contributed by atoms with E-state index in [1.165, 1.54) is 11.1 Å². The number of thiophene rings is 1. The van der Waals surface area contributed by atoms with E-state index >= 15 is 0 Å². The van der Waals surface area contributed by atoms with E-state index < -0.39 is 0 Å². The molecule has 3 nitrogen and oxygen atoms in total. The lowest BCUT2D eigenvalue weighted by molar-refractivity contribution is 0.123. The zero-order valence-electron chi connectivity index (χ0n) is 8.65. The predicted molar refractivity (Wildman–Crippen MR) is 67.7 cm³/mol. The van der Waals surface area contributed by atoms with Gasteiger partial charge in [-0.1, -0.05) is 11.6 Å². The molecule has 0 aromatic carbocycles. The van der Waals surface area contributed by atoms with Crippen LogP contribution in [0.1, 0.15) is 0 Å². The minimum Gasteiger partial charge on any atom is -0.378 e. The molecule has 16 heavy (non-hydrogen) atoms. The van der Waals surface area contributed by atoms with E-state index in [9.17, 15) is 0 Å². The summed E-state index contributed by atoms with van der Waals surface area (Å²) in [4.78, 5) is 6.58. The number of anilines is 1. The van der Waals surface area contributed by atoms with Gasteiger partial charge in [-0.25, -0.2) is 0 Å². The second-order valence-corrected chi connectivity index (χ2v) is 5.44. The quantitative estimate of drug-likeness (QED) is 0.783. The Morgan fingerprint density at radius 1 is 1.31 bits per heavy atom. The van der Waals surface area contributed by atoms with E-state index in [1.54, 1.807) is 11.3 Å². The predicted octanol–water partition coefficient (Wildman–Crippen LogP) is 2.79. The summed E-state index contributed by atoms with van der Waals surface area (Å²) in [5.74, 6) is 0. The van der Waals surface area contributed by atoms with Gasteiger partial charge in [-0.3, -0.25) is 4.98 Å². The minimum absolute atomic E-state index is 0.786. The van der Waals surface area contributed by atoms with Gasteiger partial charge in [0.05, 0.1) is 34.1 Å². The van der Waals surface area contributed by atoms with Gasteiger partial charge in [0.25, 0.3) is 0 Å². The third-order valence-electron chi connectivity index (χ3n) is 2.75. The number of pyridine rings is 1. The Morgan fingerprint density at radius 3 is 2.94 bits per heavy atom. The average Bonchev–Trinajstić information content (AvgIpc) is 2.70. The summed E-state index contributed by atoms with van der Waals surface area (Å²) in [6.45, 7) is 3.42. The first-order valence-corrected chi connectivity index (χ1v) is 6.40. The van der Waals surface area contributed by atoms with Crippen molar-refractivity contribution in [3.8, 4) is 0 Å². The van der Waals surface area contributed by atoms with Crippen molar-refractivity contribution in [3.63, 3.8) is 0 Å². The summed E-state index contributed by atoms with van der Waals surface area (Å²) >= 11 is 7.62. The summed E-state index contributed by atoms with van der Waals surface area (Å²) in [5, 5.41) is 1.20. The molecule has 5 heteroatoms. The molecule has 0 radical (unpaired) electrons. The molecular weight excluding hydrogens is 244 g/mol. The molecule has 0 amide bonds. The third kappa shape index (κ3) is 1.77. The van der Waals surface area contributed by atoms with Gasteiger partial charge in [-0.05, 0) is 6.07 Å². The van der Waals surface area contributed by atoms with E-state index in [0.717, 1.165) is 35.3 Å². The molecule has 0 bridgehead atoms. The molecule has 1 aliphatic heterocycles. The lowest BCUT2D eigenvalue weighted by atomic mass is 10.2. The zero-order valence-corrected chi connectivity index (χ0v) is 10.2. The Morgan fingerprint density at radius 2 is 2.12 bits per heavy atom. The highest BCUT2D eigenvalue weighted by Gasteiger charge is 2.15. The smallest absolute Gasteiger partial charge is 0.0942 e. The number of hydrogen-bond donors (Lipinski definition) is 0. The second kappa shape index (κ2) is 4.20. The Labute approximate surface area is 103 Å². The maximum absolute atomic E-state index is 6.04. The largest absolute Gasteiger partial charge is 0.378 e. The van der Waals surface area contributed by atoms with Crippen molar-refractivity contribution >= 4 is 38.7 Å². The molecule has 1 saturated heterocycles. The molecule has 0 unspecified atom stereocenters. The summed E-state index contributed by atoms with van der Waals surface area (Å²) in [7, 11) is 0. The van der Waals surface area contributed by atoms with Crippen molar-refractivity contribution in [2.24, 2.45) is 0 Å². The molecule has 1 aliphatic rings. The van der Waals surface area contributed by atoms with Gasteiger partial charge in [0.15, 0.2) is 0 Å². The van der Waals surface area contributed by atoms with Gasteiger partial charge < -0.3 is 9.64 Å². The second-order valence-electron chi connectivity index (χ2n) is 3.72. The lowest BCUT2D eigenvalue weighted by Crippen LogP contribution is -2.36. The molecule has 3 heterocycles. The van der Waals surface area contributed by atoms with E-state index in [4.69, 9.17) is 16.3 Å². The molecule has 84 valence electrons. The van der Waals surface area contributed by atoms with Crippen molar-refractivity contribution in [1.82, 2.24) is 4.98 Å². The monoisotopic (exact) mass is 254 g/mol. The Bertz CT molecular complexity index is 508. The van der Waals surface area contributed by atoms with Gasteiger partial charge in [-0.15, -0.1) is 11.3 Å². The molecule has 2 aromatic heterocycles. The van der Waals surface area contributed by atoms with Crippen molar-refractivity contribution in [1.29, 1.82) is 0 Å². The van der Waals surface area contributed by atoms with E-state index in [-0.39, 0.29) is 0 Å². The maximum Gasteiger partial charge on any atom is 0.0942 e. The number of hydrogen-bond acceptors (Lipinski definition) is 4. The van der Waals surface area contributed by atoms with Crippen LogP contribution in [0.5, 0.6) is 0 Å². The van der Waals surface area contributed by atoms with Crippen LogP contribution in [-0.4, -0.2) is 31.3 Å². The van der Waals surface area contributed by atoms with Gasteiger partial charge in [0.2, 0.25) is 0 Å². The molecule has 0 spiro atoms. The number of fused-ring (bicyclic) bond motifs is 1. The first kappa shape index (κ1) is 10.3. The molecular formula is C11H11ClN2OS. The van der Waals surface area contributed by atoms with E-state index in [0.29, 0.717) is 0 Å². The third-order valence-corrected chi connectivity index (χ3v) is 3.95. The van der Waals surface area contributed by atoms with Crippen LogP contribution in [0.2, 0.25) is 4.34 Å². The number of halogens is 1. The fraction of sp³-hybridized carbons (Fsp3) is 0.364. The number of rotatable bonds is 1. The number of ether oxygens (including phenoxy) is 1. The van der Waals surface area contributed by atoms with Crippen LogP contribution >= 0.6 is 22.9 Å². The van der Waals surface area contributed by atoms with E-state index in [1.807, 2.05) is 18.5 Å². The first-order chi connectivity index (χ1) is 7.84. The fourth-order valence-electron chi connectivity index (χ4n) is 1.97. The average molecular weight is 255 g/mol. The Hall–Kier alpha value is -0.840.